The zero-order valence-electron chi connectivity index (χ0n) is 21.1. The Morgan fingerprint density at radius 3 is 2.64 bits per heavy atom. The van der Waals surface area contributed by atoms with Crippen LogP contribution in [0.1, 0.15) is 79.6 Å². The summed E-state index contributed by atoms with van der Waals surface area (Å²) in [4.78, 5) is 11.4. The van der Waals surface area contributed by atoms with Crippen LogP contribution in [0.5, 0.6) is 0 Å². The van der Waals surface area contributed by atoms with Gasteiger partial charge in [0, 0.05) is 6.92 Å². The minimum Gasteiger partial charge on any atom is -0.457 e. The lowest BCUT2D eigenvalue weighted by Gasteiger charge is -2.58. The number of allylic oxidation sites excluding steroid dienone is 1. The first kappa shape index (κ1) is 26.4. The fourth-order valence-corrected chi connectivity index (χ4v) is 6.93. The fraction of sp³-hybridized carbons (Fsp3) is 0.815. The fourth-order valence-electron chi connectivity index (χ4n) is 6.93. The lowest BCUT2D eigenvalue weighted by molar-refractivity contribution is -0.295. The molecule has 0 spiro atoms. The van der Waals surface area contributed by atoms with E-state index < -0.39 is 36.2 Å². The zero-order valence-corrected chi connectivity index (χ0v) is 21.1. The average molecular weight is 465 g/mol. The third-order valence-electron chi connectivity index (χ3n) is 8.79. The van der Waals surface area contributed by atoms with Gasteiger partial charge < -0.3 is 24.4 Å². The second kappa shape index (κ2) is 9.80. The van der Waals surface area contributed by atoms with Gasteiger partial charge in [-0.2, -0.15) is 0 Å². The normalized spacial score (nSPS) is 40.4. The van der Waals surface area contributed by atoms with Crippen LogP contribution in [0.2, 0.25) is 0 Å². The third-order valence-corrected chi connectivity index (χ3v) is 8.79. The van der Waals surface area contributed by atoms with Crippen molar-refractivity contribution in [1.29, 1.82) is 0 Å². The highest BCUT2D eigenvalue weighted by Crippen LogP contribution is 2.62. The molecular formula is C27H44O6. The first-order valence-corrected chi connectivity index (χ1v) is 12.5. The van der Waals surface area contributed by atoms with Crippen molar-refractivity contribution in [3.05, 3.63) is 24.8 Å². The molecule has 8 unspecified atom stereocenters. The lowest BCUT2D eigenvalue weighted by atomic mass is 9.47. The van der Waals surface area contributed by atoms with Crippen molar-refractivity contribution < 1.29 is 29.2 Å². The van der Waals surface area contributed by atoms with E-state index in [1.54, 1.807) is 6.08 Å². The molecule has 0 aromatic carbocycles. The molecule has 1 saturated heterocycles. The van der Waals surface area contributed by atoms with Gasteiger partial charge in [0.25, 0.3) is 0 Å². The van der Waals surface area contributed by atoms with E-state index >= 15 is 0 Å². The minimum absolute atomic E-state index is 0.0822. The van der Waals surface area contributed by atoms with E-state index in [1.807, 2.05) is 6.92 Å². The van der Waals surface area contributed by atoms with Crippen LogP contribution in [0, 0.1) is 22.7 Å². The number of aliphatic hydroxyl groups is 2. The number of hydrogen-bond donors (Lipinski definition) is 2. The number of fused-ring (bicyclic) bond motifs is 1. The molecule has 0 aromatic heterocycles. The van der Waals surface area contributed by atoms with Gasteiger partial charge >= 0.3 is 5.97 Å². The van der Waals surface area contributed by atoms with Gasteiger partial charge in [-0.1, -0.05) is 45.4 Å². The van der Waals surface area contributed by atoms with E-state index in [-0.39, 0.29) is 12.0 Å². The van der Waals surface area contributed by atoms with Crippen LogP contribution in [0.3, 0.4) is 0 Å². The van der Waals surface area contributed by atoms with E-state index in [9.17, 15) is 15.0 Å². The van der Waals surface area contributed by atoms with E-state index in [1.165, 1.54) is 38.2 Å². The summed E-state index contributed by atoms with van der Waals surface area (Å²) in [7, 11) is 0. The second-order valence-electron chi connectivity index (χ2n) is 11.7. The van der Waals surface area contributed by atoms with Gasteiger partial charge in [0.2, 0.25) is 0 Å². The van der Waals surface area contributed by atoms with Gasteiger partial charge in [-0.25, -0.2) is 0 Å². The summed E-state index contributed by atoms with van der Waals surface area (Å²) in [5, 5.41) is 20.8. The predicted molar refractivity (Wildman–Crippen MR) is 127 cm³/mol. The molecule has 0 bridgehead atoms. The van der Waals surface area contributed by atoms with Crippen LogP contribution in [-0.4, -0.2) is 53.0 Å². The smallest absolute Gasteiger partial charge is 0.303 e. The van der Waals surface area contributed by atoms with Crippen LogP contribution < -0.4 is 0 Å². The van der Waals surface area contributed by atoms with E-state index in [0.29, 0.717) is 23.7 Å². The van der Waals surface area contributed by atoms with Crippen molar-refractivity contribution in [1.82, 2.24) is 0 Å². The summed E-state index contributed by atoms with van der Waals surface area (Å²) in [5.74, 6) is 0.519. The maximum Gasteiger partial charge on any atom is 0.303 e. The minimum atomic E-state index is -1.29. The number of aliphatic hydroxyl groups excluding tert-OH is 2. The van der Waals surface area contributed by atoms with Crippen LogP contribution >= 0.6 is 0 Å². The maximum absolute atomic E-state index is 11.4. The molecule has 2 saturated carbocycles. The molecule has 3 aliphatic rings. The predicted octanol–water partition coefficient (Wildman–Crippen LogP) is 4.54. The Hall–Kier alpha value is -1.21. The number of hydrogen-bond acceptors (Lipinski definition) is 6. The quantitative estimate of drug-likeness (QED) is 0.425. The Bertz CT molecular complexity index is 747. The van der Waals surface area contributed by atoms with Crippen LogP contribution in [0.15, 0.2) is 24.8 Å². The van der Waals surface area contributed by atoms with Crippen molar-refractivity contribution in [2.45, 2.75) is 110 Å². The van der Waals surface area contributed by atoms with Crippen LogP contribution in [0.25, 0.3) is 0 Å². The Morgan fingerprint density at radius 1 is 1.30 bits per heavy atom. The molecule has 2 aliphatic carbocycles. The molecule has 33 heavy (non-hydrogen) atoms. The average Bonchev–Trinajstić information content (AvgIpc) is 2.72. The molecule has 188 valence electrons. The summed E-state index contributed by atoms with van der Waals surface area (Å²) < 4.78 is 16.9. The maximum atomic E-state index is 11.4. The highest BCUT2D eigenvalue weighted by atomic mass is 16.7. The highest BCUT2D eigenvalue weighted by molar-refractivity contribution is 5.66. The van der Waals surface area contributed by atoms with Crippen LogP contribution in [-0.2, 0) is 19.0 Å². The van der Waals surface area contributed by atoms with E-state index in [0.717, 1.165) is 12.8 Å². The monoisotopic (exact) mass is 464 g/mol. The first-order valence-electron chi connectivity index (χ1n) is 12.5. The molecule has 0 aromatic rings. The van der Waals surface area contributed by atoms with E-state index in [4.69, 9.17) is 14.2 Å². The molecule has 3 rings (SSSR count). The number of carbonyl (C=O) groups excluding carboxylic acids is 1. The molecule has 0 radical (unpaired) electrons. The Kier molecular flexibility index (Phi) is 7.84. The van der Waals surface area contributed by atoms with Gasteiger partial charge in [-0.3, -0.25) is 4.79 Å². The number of rotatable bonds is 7. The largest absolute Gasteiger partial charge is 0.457 e. The molecule has 2 N–H and O–H groups in total. The molecule has 3 fully saturated rings. The first-order chi connectivity index (χ1) is 15.3. The van der Waals surface area contributed by atoms with Gasteiger partial charge in [-0.15, -0.1) is 6.58 Å². The molecule has 6 nitrogen and oxygen atoms in total. The Balaban J connectivity index is 1.71. The molecule has 1 aliphatic heterocycles. The molecular weight excluding hydrogens is 420 g/mol. The molecule has 8 atom stereocenters. The lowest BCUT2D eigenvalue weighted by Crippen LogP contribution is -2.57. The van der Waals surface area contributed by atoms with Crippen molar-refractivity contribution >= 4 is 5.97 Å². The SMILES string of the molecule is C=CC(C)(CCC1C(=C)CCC2C(C)(C)CCCC12C)OC1OCC(O)C(OC(C)=O)C1O. The summed E-state index contributed by atoms with van der Waals surface area (Å²) in [6.45, 7) is 18.9. The Labute approximate surface area is 199 Å². The van der Waals surface area contributed by atoms with Crippen molar-refractivity contribution in [2.24, 2.45) is 22.7 Å². The second-order valence-corrected chi connectivity index (χ2v) is 11.7. The van der Waals surface area contributed by atoms with Crippen molar-refractivity contribution in [3.63, 3.8) is 0 Å². The standard InChI is InChI=1S/C27H44O6/c1-8-26(6,33-24-22(30)23(32-18(3)28)20(29)16-31-24)15-12-19-17(2)10-11-21-25(4,5)13-9-14-27(19,21)7/h8,19-24,29-30H,1-2,9-16H2,3-7H3. The summed E-state index contributed by atoms with van der Waals surface area (Å²) >= 11 is 0. The summed E-state index contributed by atoms with van der Waals surface area (Å²) in [6.07, 6.45) is 4.94. The molecule has 6 heteroatoms. The number of ether oxygens (including phenoxy) is 3. The number of carbonyl (C=O) groups is 1. The van der Waals surface area contributed by atoms with E-state index in [2.05, 4.69) is 33.9 Å². The van der Waals surface area contributed by atoms with Gasteiger partial charge in [0.15, 0.2) is 12.4 Å². The highest BCUT2D eigenvalue weighted by Gasteiger charge is 2.53. The topological polar surface area (TPSA) is 85.2 Å². The molecule has 1 heterocycles. The summed E-state index contributed by atoms with van der Waals surface area (Å²) in [6, 6.07) is 0. The van der Waals surface area contributed by atoms with Crippen LogP contribution in [0.4, 0.5) is 0 Å². The number of esters is 1. The molecule has 0 amide bonds. The van der Waals surface area contributed by atoms with Gasteiger partial charge in [0.1, 0.15) is 12.2 Å². The Morgan fingerprint density at radius 2 is 2.00 bits per heavy atom. The van der Waals surface area contributed by atoms with Gasteiger partial charge in [0.05, 0.1) is 12.2 Å². The third kappa shape index (κ3) is 5.39. The summed E-state index contributed by atoms with van der Waals surface area (Å²) in [5.41, 5.74) is 1.16. The van der Waals surface area contributed by atoms with Crippen molar-refractivity contribution in [2.75, 3.05) is 6.61 Å². The van der Waals surface area contributed by atoms with Gasteiger partial charge in [-0.05, 0) is 68.1 Å². The van der Waals surface area contributed by atoms with Crippen molar-refractivity contribution in [3.8, 4) is 0 Å². The zero-order chi connectivity index (χ0) is 24.6.